The highest BCUT2D eigenvalue weighted by molar-refractivity contribution is 5.69. The van der Waals surface area contributed by atoms with Crippen molar-refractivity contribution in [2.45, 2.75) is 156 Å². The highest BCUT2D eigenvalue weighted by atomic mass is 16.5. The third-order valence-electron chi connectivity index (χ3n) is 6.00. The lowest BCUT2D eigenvalue weighted by molar-refractivity contribution is -0.145. The molecule has 4 nitrogen and oxygen atoms in total. The van der Waals surface area contributed by atoms with Crippen LogP contribution in [0.2, 0.25) is 0 Å². The van der Waals surface area contributed by atoms with E-state index in [0.29, 0.717) is 25.4 Å². The molecule has 1 N–H and O–H groups in total. The summed E-state index contributed by atoms with van der Waals surface area (Å²) in [5.74, 6) is -0.0926. The van der Waals surface area contributed by atoms with E-state index >= 15 is 0 Å². The van der Waals surface area contributed by atoms with Crippen LogP contribution in [0.3, 0.4) is 0 Å². The molecule has 1 unspecified atom stereocenters. The first-order chi connectivity index (χ1) is 15.5. The molecular weight excluding hydrogens is 400 g/mol. The third-order valence-corrected chi connectivity index (χ3v) is 6.00. The lowest BCUT2D eigenvalue weighted by atomic mass is 10.0. The van der Waals surface area contributed by atoms with Gasteiger partial charge in [0.15, 0.2) is 0 Å². The molecule has 1 atom stereocenters. The molecule has 4 heteroatoms. The second-order valence-corrected chi connectivity index (χ2v) is 9.24. The molecule has 0 aromatic rings. The number of aliphatic carboxylic acids is 1. The lowest BCUT2D eigenvalue weighted by Gasteiger charge is -2.14. The van der Waals surface area contributed by atoms with Gasteiger partial charge in [0, 0.05) is 12.8 Å². The van der Waals surface area contributed by atoms with E-state index in [4.69, 9.17) is 9.84 Å². The SMILES string of the molecule is CCCCCCCCCC(=O)O.CCCCCCCCCC(=O)OCC(CC)CCCC. The van der Waals surface area contributed by atoms with Crippen LogP contribution in [0.25, 0.3) is 0 Å². The fourth-order valence-corrected chi connectivity index (χ4v) is 3.64. The molecule has 0 saturated heterocycles. The molecule has 0 spiro atoms. The topological polar surface area (TPSA) is 63.6 Å². The van der Waals surface area contributed by atoms with Crippen LogP contribution in [0.15, 0.2) is 0 Å². The number of hydrogen-bond donors (Lipinski definition) is 1. The first-order valence-corrected chi connectivity index (χ1v) is 13.9. The van der Waals surface area contributed by atoms with E-state index in [0.717, 1.165) is 25.7 Å². The van der Waals surface area contributed by atoms with Crippen LogP contribution in [0, 0.1) is 5.92 Å². The Morgan fingerprint density at radius 1 is 0.625 bits per heavy atom. The van der Waals surface area contributed by atoms with E-state index in [1.54, 1.807) is 0 Å². The smallest absolute Gasteiger partial charge is 0.305 e. The number of carbonyl (C=O) groups is 2. The maximum absolute atomic E-state index is 11.7. The van der Waals surface area contributed by atoms with E-state index in [2.05, 4.69) is 27.7 Å². The Kier molecular flexibility index (Phi) is 28.9. The van der Waals surface area contributed by atoms with Crippen molar-refractivity contribution < 1.29 is 19.4 Å². The Hall–Kier alpha value is -1.06. The van der Waals surface area contributed by atoms with Crippen LogP contribution in [-0.4, -0.2) is 23.7 Å². The van der Waals surface area contributed by atoms with Gasteiger partial charge in [-0.25, -0.2) is 0 Å². The largest absolute Gasteiger partial charge is 0.481 e. The average Bonchev–Trinajstić information content (AvgIpc) is 2.78. The van der Waals surface area contributed by atoms with Crippen molar-refractivity contribution in [3.8, 4) is 0 Å². The van der Waals surface area contributed by atoms with Crippen LogP contribution in [-0.2, 0) is 14.3 Å². The molecular formula is C28H56O4. The summed E-state index contributed by atoms with van der Waals surface area (Å²) in [6, 6.07) is 0. The van der Waals surface area contributed by atoms with Crippen molar-refractivity contribution >= 4 is 11.9 Å². The van der Waals surface area contributed by atoms with Crippen molar-refractivity contribution in [2.24, 2.45) is 5.92 Å². The maximum Gasteiger partial charge on any atom is 0.305 e. The molecule has 0 aliphatic carbocycles. The van der Waals surface area contributed by atoms with Crippen LogP contribution >= 0.6 is 0 Å². The molecule has 0 bridgehead atoms. The minimum Gasteiger partial charge on any atom is -0.481 e. The van der Waals surface area contributed by atoms with Gasteiger partial charge in [-0.2, -0.15) is 0 Å². The summed E-state index contributed by atoms with van der Waals surface area (Å²) < 4.78 is 5.40. The van der Waals surface area contributed by atoms with Gasteiger partial charge in [0.25, 0.3) is 0 Å². The number of rotatable bonds is 22. The summed E-state index contributed by atoms with van der Waals surface area (Å²) in [7, 11) is 0. The standard InChI is InChI=1S/C18H36O2.C10H20O2/c1-4-7-9-10-11-12-13-15-18(19)20-16-17(6-3)14-8-5-2;1-2-3-4-5-6-7-8-9-10(11)12/h17H,4-16H2,1-3H3;2-9H2,1H3,(H,11,12). The second kappa shape index (κ2) is 28.0. The molecule has 0 fully saturated rings. The van der Waals surface area contributed by atoms with Crippen molar-refractivity contribution in [2.75, 3.05) is 6.61 Å². The number of ether oxygens (including phenoxy) is 1. The first-order valence-electron chi connectivity index (χ1n) is 13.9. The number of esters is 1. The molecule has 0 radical (unpaired) electrons. The Balaban J connectivity index is 0. The Bertz CT molecular complexity index is 395. The highest BCUT2D eigenvalue weighted by Gasteiger charge is 2.09. The normalized spacial score (nSPS) is 11.5. The highest BCUT2D eigenvalue weighted by Crippen LogP contribution is 2.14. The molecule has 0 amide bonds. The summed E-state index contributed by atoms with van der Waals surface area (Å²) >= 11 is 0. The molecule has 192 valence electrons. The minimum atomic E-state index is -0.663. The van der Waals surface area contributed by atoms with Gasteiger partial charge in [0.05, 0.1) is 6.61 Å². The van der Waals surface area contributed by atoms with Gasteiger partial charge in [-0.15, -0.1) is 0 Å². The van der Waals surface area contributed by atoms with Gasteiger partial charge in [-0.1, -0.05) is 124 Å². The van der Waals surface area contributed by atoms with Gasteiger partial charge in [-0.05, 0) is 25.2 Å². The quantitative estimate of drug-likeness (QED) is 0.130. The van der Waals surface area contributed by atoms with Gasteiger partial charge >= 0.3 is 11.9 Å². The van der Waals surface area contributed by atoms with E-state index in [9.17, 15) is 9.59 Å². The van der Waals surface area contributed by atoms with Crippen LogP contribution < -0.4 is 0 Å². The van der Waals surface area contributed by atoms with E-state index in [1.165, 1.54) is 89.9 Å². The summed E-state index contributed by atoms with van der Waals surface area (Å²) in [6.07, 6.45) is 22.8. The molecule has 32 heavy (non-hydrogen) atoms. The fraction of sp³-hybridized carbons (Fsp3) is 0.929. The zero-order valence-electron chi connectivity index (χ0n) is 22.1. The fourth-order valence-electron chi connectivity index (χ4n) is 3.64. The third kappa shape index (κ3) is 28.9. The molecule has 0 aliphatic heterocycles. The van der Waals surface area contributed by atoms with E-state index in [-0.39, 0.29) is 5.97 Å². The summed E-state index contributed by atoms with van der Waals surface area (Å²) in [4.78, 5) is 21.8. The molecule has 0 aromatic carbocycles. The molecule has 0 aliphatic rings. The molecule has 0 aromatic heterocycles. The average molecular weight is 457 g/mol. The zero-order chi connectivity index (χ0) is 24.3. The van der Waals surface area contributed by atoms with Gasteiger partial charge in [0.1, 0.15) is 0 Å². The van der Waals surface area contributed by atoms with E-state index in [1.807, 2.05) is 0 Å². The number of carbonyl (C=O) groups excluding carboxylic acids is 1. The number of carboxylic acids is 1. The number of unbranched alkanes of at least 4 members (excludes halogenated alkanes) is 13. The van der Waals surface area contributed by atoms with Crippen molar-refractivity contribution in [3.63, 3.8) is 0 Å². The Morgan fingerprint density at radius 3 is 1.50 bits per heavy atom. The van der Waals surface area contributed by atoms with Gasteiger partial charge in [0.2, 0.25) is 0 Å². The molecule has 0 rings (SSSR count). The van der Waals surface area contributed by atoms with E-state index < -0.39 is 5.97 Å². The van der Waals surface area contributed by atoms with Gasteiger partial charge in [-0.3, -0.25) is 9.59 Å². The van der Waals surface area contributed by atoms with Crippen LogP contribution in [0.1, 0.15) is 156 Å². The van der Waals surface area contributed by atoms with Crippen LogP contribution in [0.5, 0.6) is 0 Å². The Labute approximate surface area is 200 Å². The minimum absolute atomic E-state index is 0.00788. The summed E-state index contributed by atoms with van der Waals surface area (Å²) in [5.41, 5.74) is 0. The van der Waals surface area contributed by atoms with Crippen LogP contribution in [0.4, 0.5) is 0 Å². The predicted molar refractivity (Wildman–Crippen MR) is 137 cm³/mol. The molecule has 0 saturated carbocycles. The van der Waals surface area contributed by atoms with Gasteiger partial charge < -0.3 is 9.84 Å². The monoisotopic (exact) mass is 456 g/mol. The van der Waals surface area contributed by atoms with Crippen molar-refractivity contribution in [1.29, 1.82) is 0 Å². The van der Waals surface area contributed by atoms with Crippen molar-refractivity contribution in [3.05, 3.63) is 0 Å². The number of hydrogen-bond acceptors (Lipinski definition) is 3. The zero-order valence-corrected chi connectivity index (χ0v) is 22.1. The molecule has 0 heterocycles. The predicted octanol–water partition coefficient (Wildman–Crippen LogP) is 9.10. The second-order valence-electron chi connectivity index (χ2n) is 9.24. The lowest BCUT2D eigenvalue weighted by Crippen LogP contribution is -2.13. The first kappa shape index (κ1) is 33.1. The van der Waals surface area contributed by atoms with Crippen molar-refractivity contribution in [1.82, 2.24) is 0 Å². The Morgan fingerprint density at radius 2 is 1.06 bits per heavy atom. The summed E-state index contributed by atoms with van der Waals surface area (Å²) in [5, 5.41) is 8.35. The summed E-state index contributed by atoms with van der Waals surface area (Å²) in [6.45, 7) is 9.46. The maximum atomic E-state index is 11.7. The number of carboxylic acid groups (broad SMARTS) is 1.